The molecule has 10 heteroatoms. The van der Waals surface area contributed by atoms with Crippen LogP contribution in [0.2, 0.25) is 0 Å². The number of pyridine rings is 1. The first-order valence-corrected chi connectivity index (χ1v) is 19.0. The van der Waals surface area contributed by atoms with E-state index in [1.165, 1.54) is 6.07 Å². The van der Waals surface area contributed by atoms with Gasteiger partial charge in [-0.05, 0) is 72.5 Å². The minimum absolute atomic E-state index is 0.00120. The lowest BCUT2D eigenvalue weighted by Crippen LogP contribution is -2.49. The molecule has 1 aromatic heterocycles. The Morgan fingerprint density at radius 1 is 0.889 bits per heavy atom. The second kappa shape index (κ2) is 16.8. The number of primary amides is 1. The minimum atomic E-state index is -0.938. The van der Waals surface area contributed by atoms with E-state index in [1.807, 2.05) is 97.1 Å². The molecule has 0 radical (unpaired) electrons. The summed E-state index contributed by atoms with van der Waals surface area (Å²) in [6.07, 6.45) is 2.31. The second-order valence-corrected chi connectivity index (χ2v) is 14.7. The van der Waals surface area contributed by atoms with Gasteiger partial charge in [0.2, 0.25) is 17.4 Å². The molecule has 0 spiro atoms. The summed E-state index contributed by atoms with van der Waals surface area (Å²) in [5, 5.41) is 18.6. The van der Waals surface area contributed by atoms with E-state index in [-0.39, 0.29) is 35.3 Å². The Morgan fingerprint density at radius 3 is 2.26 bits per heavy atom. The van der Waals surface area contributed by atoms with Gasteiger partial charge in [0.15, 0.2) is 0 Å². The number of hydrogen-bond acceptors (Lipinski definition) is 7. The molecule has 5 aromatic rings. The molecule has 4 aromatic carbocycles. The Morgan fingerprint density at radius 2 is 1.57 bits per heavy atom. The number of fused-ring (bicyclic) bond motifs is 1. The Bertz CT molecular complexity index is 2050. The van der Waals surface area contributed by atoms with Gasteiger partial charge in [-0.2, -0.15) is 0 Å². The predicted molar refractivity (Wildman–Crippen MR) is 210 cm³/mol. The second-order valence-electron chi connectivity index (χ2n) is 14.7. The molecule has 1 aliphatic carbocycles. The minimum Gasteiger partial charge on any atom is -0.487 e. The van der Waals surface area contributed by atoms with Crippen molar-refractivity contribution in [3.8, 4) is 5.75 Å². The lowest BCUT2D eigenvalue weighted by molar-refractivity contribution is -0.125. The quantitative estimate of drug-likeness (QED) is 0.104. The maximum absolute atomic E-state index is 13.4. The highest BCUT2D eigenvalue weighted by Crippen LogP contribution is 2.43. The third kappa shape index (κ3) is 7.96. The van der Waals surface area contributed by atoms with E-state index in [2.05, 4.69) is 20.5 Å². The summed E-state index contributed by atoms with van der Waals surface area (Å²) in [6, 6.07) is 36.4. The number of ether oxygens (including phenoxy) is 1. The van der Waals surface area contributed by atoms with Crippen LogP contribution in [0.25, 0.3) is 10.9 Å². The van der Waals surface area contributed by atoms with Crippen molar-refractivity contribution < 1.29 is 19.4 Å². The number of nitrogens with one attached hydrogen (secondary N) is 3. The van der Waals surface area contributed by atoms with E-state index in [4.69, 9.17) is 10.5 Å². The third-order valence-electron chi connectivity index (χ3n) is 11.3. The van der Waals surface area contributed by atoms with Crippen LogP contribution in [0.3, 0.4) is 0 Å². The highest BCUT2D eigenvalue weighted by molar-refractivity contribution is 5.91. The smallest absolute Gasteiger partial charge is 0.248 e. The van der Waals surface area contributed by atoms with Gasteiger partial charge in [0.25, 0.3) is 0 Å². The van der Waals surface area contributed by atoms with Gasteiger partial charge in [0, 0.05) is 49.6 Å². The van der Waals surface area contributed by atoms with Crippen molar-refractivity contribution in [1.29, 1.82) is 0 Å². The van der Waals surface area contributed by atoms with E-state index in [0.717, 1.165) is 47.9 Å². The molecular weight excluding hydrogens is 679 g/mol. The zero-order chi connectivity index (χ0) is 37.5. The summed E-state index contributed by atoms with van der Waals surface area (Å²) in [5.41, 5.74) is 9.15. The van der Waals surface area contributed by atoms with Crippen LogP contribution in [0.15, 0.2) is 120 Å². The van der Waals surface area contributed by atoms with Gasteiger partial charge in [-0.3, -0.25) is 14.4 Å². The number of carbonyl (C=O) groups excluding carboxylic acids is 2. The number of benzene rings is 4. The summed E-state index contributed by atoms with van der Waals surface area (Å²) in [5.74, 6) is 0.151. The molecule has 2 heterocycles. The molecule has 0 unspecified atom stereocenters. The molecule has 10 nitrogen and oxygen atoms in total. The van der Waals surface area contributed by atoms with Gasteiger partial charge in [0.05, 0.1) is 11.6 Å². The van der Waals surface area contributed by atoms with Crippen LogP contribution in [-0.2, 0) is 21.6 Å². The molecule has 7 rings (SSSR count). The van der Waals surface area contributed by atoms with E-state index < -0.39 is 11.5 Å². The number of likely N-dealkylation sites (tertiary alicyclic amines) is 1. The molecule has 0 bridgehead atoms. The van der Waals surface area contributed by atoms with Crippen molar-refractivity contribution in [2.75, 3.05) is 32.7 Å². The van der Waals surface area contributed by atoms with Crippen molar-refractivity contribution in [2.45, 2.75) is 49.9 Å². The Kier molecular flexibility index (Phi) is 11.5. The number of aliphatic hydroxyl groups excluding tert-OH is 1. The van der Waals surface area contributed by atoms with Crippen molar-refractivity contribution in [3.63, 3.8) is 0 Å². The number of amides is 2. The average Bonchev–Trinajstić information content (AvgIpc) is 3.88. The van der Waals surface area contributed by atoms with Crippen LogP contribution in [0.4, 0.5) is 0 Å². The van der Waals surface area contributed by atoms with E-state index in [0.29, 0.717) is 56.0 Å². The zero-order valence-corrected chi connectivity index (χ0v) is 30.5. The van der Waals surface area contributed by atoms with E-state index in [1.54, 1.807) is 12.1 Å². The Balaban J connectivity index is 0.901. The van der Waals surface area contributed by atoms with Crippen molar-refractivity contribution in [2.24, 2.45) is 17.6 Å². The molecule has 54 heavy (non-hydrogen) atoms. The largest absolute Gasteiger partial charge is 0.487 e. The summed E-state index contributed by atoms with van der Waals surface area (Å²) in [4.78, 5) is 44.1. The standard InChI is InChI=1S/C44H49N5O5/c45-43(53)44(32-12-6-2-7-13-32,33-14-8-3-9-15-33)34-22-24-49(28-34)25-23-46-42(52)31-16-17-35(26-31)47-27-38(50)36-18-20-39(41-37(36)19-21-40(51)48-41)54-29-30-10-4-1-5-11-30/h1-15,18-21,31,34-35,38,47,50H,16-17,22-29H2,(H2,45,53)(H,46,52)(H,48,51)/t31-,34-,35+,38+/m1/s1. The van der Waals surface area contributed by atoms with Gasteiger partial charge in [-0.25, -0.2) is 0 Å². The van der Waals surface area contributed by atoms with Crippen LogP contribution in [0.5, 0.6) is 5.75 Å². The predicted octanol–water partition coefficient (Wildman–Crippen LogP) is 4.81. The first-order valence-electron chi connectivity index (χ1n) is 19.0. The Hall–Kier alpha value is -5.29. The normalized spacial score (nSPS) is 19.5. The fourth-order valence-corrected chi connectivity index (χ4v) is 8.58. The summed E-state index contributed by atoms with van der Waals surface area (Å²) in [7, 11) is 0. The van der Waals surface area contributed by atoms with E-state index in [9.17, 15) is 19.5 Å². The fraction of sp³-hybridized carbons (Fsp3) is 0.341. The van der Waals surface area contributed by atoms with Crippen molar-refractivity contribution >= 4 is 22.7 Å². The van der Waals surface area contributed by atoms with Crippen LogP contribution in [-0.4, -0.2) is 65.6 Å². The molecule has 2 fully saturated rings. The number of aromatic amines is 1. The zero-order valence-electron chi connectivity index (χ0n) is 30.5. The molecule has 6 N–H and O–H groups in total. The number of rotatable bonds is 15. The average molecular weight is 728 g/mol. The number of hydrogen-bond donors (Lipinski definition) is 5. The molecule has 1 aliphatic heterocycles. The van der Waals surface area contributed by atoms with Gasteiger partial charge in [0.1, 0.15) is 17.8 Å². The van der Waals surface area contributed by atoms with Gasteiger partial charge in [-0.15, -0.1) is 0 Å². The summed E-state index contributed by atoms with van der Waals surface area (Å²) >= 11 is 0. The highest BCUT2D eigenvalue weighted by Gasteiger charge is 2.49. The number of nitrogens with two attached hydrogens (primary N) is 1. The van der Waals surface area contributed by atoms with Crippen molar-refractivity contribution in [1.82, 2.24) is 20.5 Å². The topological polar surface area (TPSA) is 150 Å². The maximum Gasteiger partial charge on any atom is 0.248 e. The number of aromatic nitrogens is 1. The van der Waals surface area contributed by atoms with Gasteiger partial charge in [-0.1, -0.05) is 97.1 Å². The lowest BCUT2D eigenvalue weighted by atomic mass is 9.64. The molecule has 4 atom stereocenters. The monoisotopic (exact) mass is 727 g/mol. The summed E-state index contributed by atoms with van der Waals surface area (Å²) in [6.45, 7) is 3.41. The Labute approximate surface area is 315 Å². The fourth-order valence-electron chi connectivity index (χ4n) is 8.58. The maximum atomic E-state index is 13.4. The third-order valence-corrected chi connectivity index (χ3v) is 11.3. The van der Waals surface area contributed by atoms with Crippen LogP contribution in [0, 0.1) is 11.8 Å². The molecular formula is C44H49N5O5. The van der Waals surface area contributed by atoms with Crippen molar-refractivity contribution in [3.05, 3.63) is 148 Å². The SMILES string of the molecule is NC(=O)C(c1ccccc1)(c1ccccc1)[C@@H]1CCN(CCNC(=O)[C@@H]2CC[C@H](NC[C@H](O)c3ccc(OCc4ccccc4)c4[nH]c(=O)ccc34)C2)C1. The molecule has 280 valence electrons. The number of aliphatic hydroxyl groups is 1. The van der Waals surface area contributed by atoms with Crippen LogP contribution < -0.4 is 26.7 Å². The lowest BCUT2D eigenvalue weighted by Gasteiger charge is -2.37. The van der Waals surface area contributed by atoms with Gasteiger partial charge >= 0.3 is 0 Å². The molecule has 2 amide bonds. The first-order chi connectivity index (χ1) is 26.3. The number of nitrogens with zero attached hydrogens (tertiary/aromatic N) is 1. The highest BCUT2D eigenvalue weighted by atomic mass is 16.5. The number of H-pyrrole nitrogens is 1. The first kappa shape index (κ1) is 37.0. The van der Waals surface area contributed by atoms with Gasteiger partial charge < -0.3 is 36.1 Å². The number of carbonyl (C=O) groups is 2. The molecule has 2 aliphatic rings. The van der Waals surface area contributed by atoms with E-state index >= 15 is 0 Å². The molecule has 1 saturated carbocycles. The van der Waals surface area contributed by atoms with Crippen LogP contribution >= 0.6 is 0 Å². The van der Waals surface area contributed by atoms with Crippen LogP contribution in [0.1, 0.15) is 54.0 Å². The summed E-state index contributed by atoms with van der Waals surface area (Å²) < 4.78 is 6.06. The molecule has 1 saturated heterocycles.